The Balaban J connectivity index is 2.00. The largest absolute Gasteiger partial charge is 0.469 e. The molecule has 0 unspecified atom stereocenters. The Bertz CT molecular complexity index is 233. The average Bonchev–Trinajstić information content (AvgIpc) is 2.54. The van der Waals surface area contributed by atoms with Crippen molar-refractivity contribution in [3.8, 4) is 0 Å². The lowest BCUT2D eigenvalue weighted by Gasteiger charge is -2.17. The minimum atomic E-state index is 0.428. The predicted molar refractivity (Wildman–Crippen MR) is 59.4 cm³/mol. The van der Waals surface area contributed by atoms with Crippen LogP contribution in [0.2, 0.25) is 0 Å². The fourth-order valence-electron chi connectivity index (χ4n) is 1.25. The van der Waals surface area contributed by atoms with E-state index < -0.39 is 0 Å². The highest BCUT2D eigenvalue weighted by Gasteiger charge is 2.08. The third-order valence-electron chi connectivity index (χ3n) is 2.18. The van der Waals surface area contributed by atoms with Gasteiger partial charge in [0.2, 0.25) is 0 Å². The summed E-state index contributed by atoms with van der Waals surface area (Å²) in [5, 5.41) is 3.42. The van der Waals surface area contributed by atoms with Crippen molar-refractivity contribution in [1.29, 1.82) is 0 Å². The van der Waals surface area contributed by atoms with Crippen molar-refractivity contribution in [3.05, 3.63) is 24.2 Å². The zero-order valence-corrected chi connectivity index (χ0v) is 9.47. The molecule has 1 heterocycles. The van der Waals surface area contributed by atoms with E-state index in [2.05, 4.69) is 26.1 Å². The number of rotatable bonds is 5. The number of hydrogen-bond donors (Lipinski definition) is 1. The highest BCUT2D eigenvalue weighted by atomic mass is 16.3. The lowest BCUT2D eigenvalue weighted by Crippen LogP contribution is -2.22. The molecule has 0 bridgehead atoms. The third kappa shape index (κ3) is 5.07. The average molecular weight is 195 g/mol. The molecule has 0 aliphatic rings. The summed E-state index contributed by atoms with van der Waals surface area (Å²) in [5.74, 6) is 1.06. The number of furan rings is 1. The van der Waals surface area contributed by atoms with Crippen LogP contribution in [0.3, 0.4) is 0 Å². The van der Waals surface area contributed by atoms with Gasteiger partial charge in [-0.3, -0.25) is 0 Å². The molecular formula is C12H21NO. The fourth-order valence-corrected chi connectivity index (χ4v) is 1.25. The van der Waals surface area contributed by atoms with Crippen LogP contribution in [-0.4, -0.2) is 13.1 Å². The first-order chi connectivity index (χ1) is 6.58. The molecule has 0 spiro atoms. The van der Waals surface area contributed by atoms with Crippen molar-refractivity contribution in [2.45, 2.75) is 33.6 Å². The number of hydrogen-bond acceptors (Lipinski definition) is 2. The molecule has 14 heavy (non-hydrogen) atoms. The van der Waals surface area contributed by atoms with E-state index in [-0.39, 0.29) is 0 Å². The molecule has 2 nitrogen and oxygen atoms in total. The first kappa shape index (κ1) is 11.3. The third-order valence-corrected chi connectivity index (χ3v) is 2.18. The molecule has 0 aliphatic heterocycles. The molecule has 0 radical (unpaired) electrons. The van der Waals surface area contributed by atoms with Crippen molar-refractivity contribution in [1.82, 2.24) is 5.32 Å². The minimum absolute atomic E-state index is 0.428. The van der Waals surface area contributed by atoms with Crippen LogP contribution in [0.4, 0.5) is 0 Å². The molecule has 0 aromatic carbocycles. The molecule has 0 aliphatic carbocycles. The Morgan fingerprint density at radius 3 is 2.64 bits per heavy atom. The standard InChI is InChI=1S/C12H21NO/c1-12(2,3)7-9-13-8-6-11-5-4-10-14-11/h4-5,10,13H,6-9H2,1-3H3. The quantitative estimate of drug-likeness (QED) is 0.731. The summed E-state index contributed by atoms with van der Waals surface area (Å²) < 4.78 is 5.24. The maximum atomic E-state index is 5.24. The monoisotopic (exact) mass is 195 g/mol. The van der Waals surface area contributed by atoms with Crippen molar-refractivity contribution < 1.29 is 4.42 Å². The maximum Gasteiger partial charge on any atom is 0.105 e. The molecule has 0 saturated carbocycles. The number of nitrogens with one attached hydrogen (secondary N) is 1. The summed E-state index contributed by atoms with van der Waals surface area (Å²) in [6.07, 6.45) is 3.92. The van der Waals surface area contributed by atoms with E-state index in [4.69, 9.17) is 4.42 Å². The van der Waals surface area contributed by atoms with Crippen LogP contribution < -0.4 is 5.32 Å². The second kappa shape index (κ2) is 5.20. The molecule has 0 atom stereocenters. The van der Waals surface area contributed by atoms with Gasteiger partial charge in [0.25, 0.3) is 0 Å². The van der Waals surface area contributed by atoms with Gasteiger partial charge in [-0.15, -0.1) is 0 Å². The Kier molecular flexibility index (Phi) is 4.21. The molecule has 1 N–H and O–H groups in total. The van der Waals surface area contributed by atoms with E-state index in [1.54, 1.807) is 6.26 Å². The lowest BCUT2D eigenvalue weighted by atomic mass is 9.92. The van der Waals surface area contributed by atoms with Crippen molar-refractivity contribution >= 4 is 0 Å². The van der Waals surface area contributed by atoms with Gasteiger partial charge in [0.05, 0.1) is 6.26 Å². The Labute approximate surface area is 86.7 Å². The summed E-state index contributed by atoms with van der Waals surface area (Å²) in [6, 6.07) is 3.95. The normalized spacial score (nSPS) is 11.9. The van der Waals surface area contributed by atoms with Gasteiger partial charge in [0, 0.05) is 13.0 Å². The van der Waals surface area contributed by atoms with Gasteiger partial charge in [-0.2, -0.15) is 0 Å². The van der Waals surface area contributed by atoms with Crippen LogP contribution in [0.1, 0.15) is 33.0 Å². The summed E-state index contributed by atoms with van der Waals surface area (Å²) in [4.78, 5) is 0. The van der Waals surface area contributed by atoms with E-state index in [1.165, 1.54) is 6.42 Å². The van der Waals surface area contributed by atoms with Crippen LogP contribution in [-0.2, 0) is 6.42 Å². The van der Waals surface area contributed by atoms with Gasteiger partial charge in [-0.25, -0.2) is 0 Å². The first-order valence-corrected chi connectivity index (χ1v) is 5.31. The minimum Gasteiger partial charge on any atom is -0.469 e. The molecule has 0 amide bonds. The van der Waals surface area contributed by atoms with Gasteiger partial charge >= 0.3 is 0 Å². The second-order valence-corrected chi connectivity index (χ2v) is 4.89. The highest BCUT2D eigenvalue weighted by Crippen LogP contribution is 2.16. The fraction of sp³-hybridized carbons (Fsp3) is 0.667. The Hall–Kier alpha value is -0.760. The van der Waals surface area contributed by atoms with Crippen LogP contribution in [0.5, 0.6) is 0 Å². The van der Waals surface area contributed by atoms with Crippen LogP contribution in [0, 0.1) is 5.41 Å². The van der Waals surface area contributed by atoms with E-state index in [0.29, 0.717) is 5.41 Å². The van der Waals surface area contributed by atoms with Gasteiger partial charge < -0.3 is 9.73 Å². The van der Waals surface area contributed by atoms with Crippen molar-refractivity contribution in [2.24, 2.45) is 5.41 Å². The highest BCUT2D eigenvalue weighted by molar-refractivity contribution is 4.98. The Morgan fingerprint density at radius 1 is 1.29 bits per heavy atom. The summed E-state index contributed by atoms with van der Waals surface area (Å²) in [5.41, 5.74) is 0.428. The summed E-state index contributed by atoms with van der Waals surface area (Å²) in [7, 11) is 0. The van der Waals surface area contributed by atoms with E-state index in [1.807, 2.05) is 12.1 Å². The SMILES string of the molecule is CC(C)(C)CCNCCc1ccco1. The molecule has 1 aromatic rings. The van der Waals surface area contributed by atoms with Gasteiger partial charge in [0.1, 0.15) is 5.76 Å². The summed E-state index contributed by atoms with van der Waals surface area (Å²) in [6.45, 7) is 8.89. The zero-order chi connectivity index (χ0) is 10.4. The smallest absolute Gasteiger partial charge is 0.105 e. The molecule has 0 fully saturated rings. The van der Waals surface area contributed by atoms with Crippen molar-refractivity contribution in [2.75, 3.05) is 13.1 Å². The van der Waals surface area contributed by atoms with Gasteiger partial charge in [-0.05, 0) is 30.5 Å². The van der Waals surface area contributed by atoms with Gasteiger partial charge in [0.15, 0.2) is 0 Å². The summed E-state index contributed by atoms with van der Waals surface area (Å²) >= 11 is 0. The van der Waals surface area contributed by atoms with Crippen LogP contribution in [0.25, 0.3) is 0 Å². The van der Waals surface area contributed by atoms with Gasteiger partial charge in [-0.1, -0.05) is 20.8 Å². The zero-order valence-electron chi connectivity index (χ0n) is 9.47. The van der Waals surface area contributed by atoms with E-state index in [0.717, 1.165) is 25.3 Å². The molecule has 1 aromatic heterocycles. The predicted octanol–water partition coefficient (Wildman–Crippen LogP) is 2.85. The van der Waals surface area contributed by atoms with Crippen LogP contribution in [0.15, 0.2) is 22.8 Å². The topological polar surface area (TPSA) is 25.2 Å². The van der Waals surface area contributed by atoms with E-state index >= 15 is 0 Å². The maximum absolute atomic E-state index is 5.24. The second-order valence-electron chi connectivity index (χ2n) is 4.89. The lowest BCUT2D eigenvalue weighted by molar-refractivity contribution is 0.366. The first-order valence-electron chi connectivity index (χ1n) is 5.31. The van der Waals surface area contributed by atoms with E-state index in [9.17, 15) is 0 Å². The molecule has 1 rings (SSSR count). The van der Waals surface area contributed by atoms with Crippen LogP contribution >= 0.6 is 0 Å². The Morgan fingerprint density at radius 2 is 2.07 bits per heavy atom. The molecule has 0 saturated heterocycles. The molecule has 2 heteroatoms. The molecule has 80 valence electrons. The molecular weight excluding hydrogens is 174 g/mol. The van der Waals surface area contributed by atoms with Crippen molar-refractivity contribution in [3.63, 3.8) is 0 Å².